The van der Waals surface area contributed by atoms with Crippen LogP contribution in [0.2, 0.25) is 0 Å². The maximum Gasteiger partial charge on any atom is 0.174 e. The summed E-state index contributed by atoms with van der Waals surface area (Å²) in [6.45, 7) is 0.298. The number of benzene rings is 1. The lowest BCUT2D eigenvalue weighted by Crippen LogP contribution is -1.95. The van der Waals surface area contributed by atoms with E-state index in [1.54, 1.807) is 18.3 Å². The number of rotatable bonds is 4. The van der Waals surface area contributed by atoms with Gasteiger partial charge >= 0.3 is 0 Å². The van der Waals surface area contributed by atoms with E-state index < -0.39 is 0 Å². The molecule has 0 aliphatic rings. The van der Waals surface area contributed by atoms with Gasteiger partial charge in [0, 0.05) is 10.5 Å². The summed E-state index contributed by atoms with van der Waals surface area (Å²) in [4.78, 5) is 0. The van der Waals surface area contributed by atoms with Crippen LogP contribution in [0.5, 0.6) is 5.75 Å². The topological polar surface area (TPSA) is 55.5 Å². The van der Waals surface area contributed by atoms with Crippen molar-refractivity contribution in [1.29, 1.82) is 0 Å². The second-order valence-electron chi connectivity index (χ2n) is 3.18. The van der Waals surface area contributed by atoms with Crippen molar-refractivity contribution < 1.29 is 14.4 Å². The largest absolute Gasteiger partial charge is 0.486 e. The molecule has 1 N–H and O–H groups in total. The van der Waals surface area contributed by atoms with Gasteiger partial charge in [-0.3, -0.25) is 0 Å². The quantitative estimate of drug-likeness (QED) is 0.937. The molecule has 0 saturated heterocycles. The van der Waals surface area contributed by atoms with E-state index in [1.165, 1.54) is 0 Å². The average molecular weight is 284 g/mol. The van der Waals surface area contributed by atoms with Gasteiger partial charge in [0.25, 0.3) is 0 Å². The lowest BCUT2D eigenvalue weighted by Gasteiger charge is -2.06. The second kappa shape index (κ2) is 5.14. The minimum Gasteiger partial charge on any atom is -0.486 e. The summed E-state index contributed by atoms with van der Waals surface area (Å²) in [5, 5.41) is 12.7. The smallest absolute Gasteiger partial charge is 0.174 e. The van der Waals surface area contributed by atoms with Crippen LogP contribution in [-0.2, 0) is 13.2 Å². The van der Waals surface area contributed by atoms with Crippen molar-refractivity contribution in [2.24, 2.45) is 0 Å². The lowest BCUT2D eigenvalue weighted by atomic mass is 10.2. The highest BCUT2D eigenvalue weighted by Gasteiger charge is 2.03. The van der Waals surface area contributed by atoms with E-state index >= 15 is 0 Å². The van der Waals surface area contributed by atoms with E-state index in [2.05, 4.69) is 21.1 Å². The molecular formula is C11H10BrNO3. The Labute approximate surface area is 101 Å². The average Bonchev–Trinajstić information content (AvgIpc) is 2.81. The summed E-state index contributed by atoms with van der Waals surface area (Å²) in [5.74, 6) is 1.34. The van der Waals surface area contributed by atoms with Gasteiger partial charge in [-0.1, -0.05) is 21.1 Å². The summed E-state index contributed by atoms with van der Waals surface area (Å²) in [7, 11) is 0. The molecule has 0 radical (unpaired) electrons. The molecule has 0 aliphatic carbocycles. The van der Waals surface area contributed by atoms with Crippen molar-refractivity contribution in [1.82, 2.24) is 5.16 Å². The number of nitrogens with zero attached hydrogens (tertiary/aromatic N) is 1. The first-order valence-corrected chi connectivity index (χ1v) is 5.50. The monoisotopic (exact) mass is 283 g/mol. The van der Waals surface area contributed by atoms with E-state index in [4.69, 9.17) is 14.4 Å². The lowest BCUT2D eigenvalue weighted by molar-refractivity contribution is 0.247. The summed E-state index contributed by atoms with van der Waals surface area (Å²) in [6, 6.07) is 7.17. The molecule has 0 atom stereocenters. The fourth-order valence-electron chi connectivity index (χ4n) is 1.23. The molecule has 0 spiro atoms. The molecule has 0 amide bonds. The molecule has 0 unspecified atom stereocenters. The normalized spacial score (nSPS) is 10.4. The standard InChI is InChI=1S/C11H10BrNO3/c12-11-2-1-9(5-8(11)6-14)15-7-10-3-4-13-16-10/h1-5,14H,6-7H2. The highest BCUT2D eigenvalue weighted by atomic mass is 79.9. The van der Waals surface area contributed by atoms with E-state index in [1.807, 2.05) is 12.1 Å². The molecule has 4 nitrogen and oxygen atoms in total. The van der Waals surface area contributed by atoms with Crippen molar-refractivity contribution in [3.05, 3.63) is 46.3 Å². The molecule has 1 aromatic heterocycles. The van der Waals surface area contributed by atoms with Crippen LogP contribution in [0.3, 0.4) is 0 Å². The summed E-state index contributed by atoms with van der Waals surface area (Å²) in [6.07, 6.45) is 1.57. The van der Waals surface area contributed by atoms with Crippen LogP contribution in [0.4, 0.5) is 0 Å². The van der Waals surface area contributed by atoms with Gasteiger partial charge in [0.1, 0.15) is 12.4 Å². The van der Waals surface area contributed by atoms with Gasteiger partial charge in [0.2, 0.25) is 0 Å². The van der Waals surface area contributed by atoms with Gasteiger partial charge in [-0.2, -0.15) is 0 Å². The zero-order valence-corrected chi connectivity index (χ0v) is 9.98. The third kappa shape index (κ3) is 2.62. The zero-order valence-electron chi connectivity index (χ0n) is 8.39. The fraction of sp³-hybridized carbons (Fsp3) is 0.182. The van der Waals surface area contributed by atoms with Crippen molar-refractivity contribution in [3.63, 3.8) is 0 Å². The van der Waals surface area contributed by atoms with Crippen molar-refractivity contribution in [2.75, 3.05) is 0 Å². The highest BCUT2D eigenvalue weighted by Crippen LogP contribution is 2.23. The van der Waals surface area contributed by atoms with Crippen molar-refractivity contribution in [2.45, 2.75) is 13.2 Å². The van der Waals surface area contributed by atoms with E-state index in [-0.39, 0.29) is 6.61 Å². The Morgan fingerprint density at radius 2 is 2.25 bits per heavy atom. The van der Waals surface area contributed by atoms with Crippen LogP contribution >= 0.6 is 15.9 Å². The Balaban J connectivity index is 2.04. The molecule has 0 fully saturated rings. The van der Waals surface area contributed by atoms with E-state index in [0.29, 0.717) is 18.1 Å². The Morgan fingerprint density at radius 1 is 1.38 bits per heavy atom. The number of halogens is 1. The summed E-state index contributed by atoms with van der Waals surface area (Å²) >= 11 is 3.34. The fourth-order valence-corrected chi connectivity index (χ4v) is 1.61. The predicted molar refractivity (Wildman–Crippen MR) is 60.9 cm³/mol. The molecule has 0 bridgehead atoms. The van der Waals surface area contributed by atoms with Crippen LogP contribution in [0.1, 0.15) is 11.3 Å². The molecule has 16 heavy (non-hydrogen) atoms. The number of ether oxygens (including phenoxy) is 1. The second-order valence-corrected chi connectivity index (χ2v) is 4.03. The molecule has 2 aromatic rings. The Morgan fingerprint density at radius 3 is 2.94 bits per heavy atom. The zero-order chi connectivity index (χ0) is 11.4. The highest BCUT2D eigenvalue weighted by molar-refractivity contribution is 9.10. The molecule has 84 valence electrons. The van der Waals surface area contributed by atoms with E-state index in [9.17, 15) is 0 Å². The molecule has 1 heterocycles. The Bertz CT molecular complexity index is 456. The third-order valence-electron chi connectivity index (χ3n) is 2.06. The SMILES string of the molecule is OCc1cc(OCc2ccno2)ccc1Br. The maximum atomic E-state index is 9.08. The molecule has 2 rings (SSSR count). The Hall–Kier alpha value is -1.33. The van der Waals surface area contributed by atoms with Gasteiger partial charge in [-0.25, -0.2) is 0 Å². The number of hydrogen-bond acceptors (Lipinski definition) is 4. The Kier molecular flexibility index (Phi) is 3.58. The number of aliphatic hydroxyl groups is 1. The molecular weight excluding hydrogens is 274 g/mol. The van der Waals surface area contributed by atoms with Crippen LogP contribution in [-0.4, -0.2) is 10.3 Å². The van der Waals surface area contributed by atoms with Gasteiger partial charge in [0.15, 0.2) is 5.76 Å². The maximum absolute atomic E-state index is 9.08. The number of aromatic nitrogens is 1. The summed E-state index contributed by atoms with van der Waals surface area (Å²) in [5.41, 5.74) is 0.787. The predicted octanol–water partition coefficient (Wildman–Crippen LogP) is 2.51. The number of hydrogen-bond donors (Lipinski definition) is 1. The number of aliphatic hydroxyl groups excluding tert-OH is 1. The van der Waals surface area contributed by atoms with Gasteiger partial charge < -0.3 is 14.4 Å². The summed E-state index contributed by atoms with van der Waals surface area (Å²) < 4.78 is 11.2. The van der Waals surface area contributed by atoms with Crippen LogP contribution < -0.4 is 4.74 Å². The third-order valence-corrected chi connectivity index (χ3v) is 2.83. The van der Waals surface area contributed by atoms with Crippen LogP contribution in [0.25, 0.3) is 0 Å². The molecule has 5 heteroatoms. The van der Waals surface area contributed by atoms with E-state index in [0.717, 1.165) is 10.0 Å². The molecule has 0 saturated carbocycles. The van der Waals surface area contributed by atoms with Crippen molar-refractivity contribution >= 4 is 15.9 Å². The van der Waals surface area contributed by atoms with Gasteiger partial charge in [-0.15, -0.1) is 0 Å². The first-order chi connectivity index (χ1) is 7.79. The molecule has 1 aromatic carbocycles. The van der Waals surface area contributed by atoms with Crippen molar-refractivity contribution in [3.8, 4) is 5.75 Å². The van der Waals surface area contributed by atoms with Crippen LogP contribution in [0, 0.1) is 0 Å². The van der Waals surface area contributed by atoms with Gasteiger partial charge in [0.05, 0.1) is 12.8 Å². The minimum absolute atomic E-state index is 0.0277. The van der Waals surface area contributed by atoms with Crippen LogP contribution in [0.15, 0.2) is 39.5 Å². The molecule has 0 aliphatic heterocycles. The first kappa shape index (κ1) is 11.2. The van der Waals surface area contributed by atoms with Gasteiger partial charge in [-0.05, 0) is 23.8 Å². The minimum atomic E-state index is -0.0277. The first-order valence-electron chi connectivity index (χ1n) is 4.71.